The molecule has 1 aliphatic heterocycles. The van der Waals surface area contributed by atoms with Gasteiger partial charge in [0.15, 0.2) is 0 Å². The van der Waals surface area contributed by atoms with Crippen molar-refractivity contribution in [2.75, 3.05) is 20.1 Å². The molecule has 0 aromatic heterocycles. The third-order valence-electron chi connectivity index (χ3n) is 3.53. The molecule has 5 nitrogen and oxygen atoms in total. The van der Waals surface area contributed by atoms with Gasteiger partial charge in [0.2, 0.25) is 5.91 Å². The number of rotatable bonds is 4. The van der Waals surface area contributed by atoms with Crippen LogP contribution in [0.25, 0.3) is 0 Å². The number of piperidine rings is 1. The summed E-state index contributed by atoms with van der Waals surface area (Å²) in [7, 11) is 1.67. The van der Waals surface area contributed by atoms with Gasteiger partial charge in [-0.3, -0.25) is 14.5 Å². The van der Waals surface area contributed by atoms with Crippen molar-refractivity contribution in [1.82, 2.24) is 9.80 Å². The van der Waals surface area contributed by atoms with Crippen LogP contribution in [0.15, 0.2) is 0 Å². The van der Waals surface area contributed by atoms with Crippen molar-refractivity contribution in [2.45, 2.75) is 45.2 Å². The number of amides is 1. The third-order valence-corrected chi connectivity index (χ3v) is 3.53. The summed E-state index contributed by atoms with van der Waals surface area (Å²) in [6.07, 6.45) is 3.27. The smallest absolute Gasteiger partial charge is 0.320 e. The minimum atomic E-state index is -0.896. The SMILES string of the molecule is C[C@@H](C(=O)O)N(C)CC(=O)N1CCCC[C@@H]1C. The van der Waals surface area contributed by atoms with E-state index in [1.165, 1.54) is 6.42 Å². The quantitative estimate of drug-likeness (QED) is 0.792. The summed E-state index contributed by atoms with van der Waals surface area (Å²) in [6, 6.07) is -0.344. The minimum absolute atomic E-state index is 0.0350. The minimum Gasteiger partial charge on any atom is -0.480 e. The molecule has 98 valence electrons. The van der Waals surface area contributed by atoms with E-state index < -0.39 is 12.0 Å². The predicted octanol–water partition coefficient (Wildman–Crippen LogP) is 0.792. The Morgan fingerprint density at radius 3 is 2.65 bits per heavy atom. The van der Waals surface area contributed by atoms with Crippen molar-refractivity contribution in [3.05, 3.63) is 0 Å². The normalized spacial score (nSPS) is 22.6. The Hall–Kier alpha value is -1.10. The van der Waals surface area contributed by atoms with E-state index >= 15 is 0 Å². The lowest BCUT2D eigenvalue weighted by Crippen LogP contribution is -2.48. The molecule has 1 fully saturated rings. The first-order chi connectivity index (χ1) is 7.93. The standard InChI is InChI=1S/C12H22N2O3/c1-9-6-4-5-7-14(9)11(15)8-13(3)10(2)12(16)17/h9-10H,4-8H2,1-3H3,(H,16,17)/t9-,10-/m0/s1. The van der Waals surface area contributed by atoms with E-state index in [0.717, 1.165) is 19.4 Å². The van der Waals surface area contributed by atoms with Crippen LogP contribution in [0, 0.1) is 0 Å². The maximum Gasteiger partial charge on any atom is 0.320 e. The molecule has 1 N–H and O–H groups in total. The molecule has 0 radical (unpaired) electrons. The van der Waals surface area contributed by atoms with E-state index in [1.54, 1.807) is 18.9 Å². The van der Waals surface area contributed by atoms with Gasteiger partial charge in [-0.2, -0.15) is 0 Å². The van der Waals surface area contributed by atoms with E-state index in [9.17, 15) is 9.59 Å². The van der Waals surface area contributed by atoms with E-state index in [-0.39, 0.29) is 18.5 Å². The van der Waals surface area contributed by atoms with Crippen LogP contribution >= 0.6 is 0 Å². The summed E-state index contributed by atoms with van der Waals surface area (Å²) in [6.45, 7) is 4.63. The molecule has 17 heavy (non-hydrogen) atoms. The number of hydrogen-bond acceptors (Lipinski definition) is 3. The van der Waals surface area contributed by atoms with Gasteiger partial charge < -0.3 is 10.0 Å². The summed E-state index contributed by atoms with van der Waals surface area (Å²) in [5.74, 6) is -0.861. The lowest BCUT2D eigenvalue weighted by molar-refractivity contribution is -0.144. The molecule has 1 aliphatic rings. The summed E-state index contributed by atoms with van der Waals surface area (Å²) in [4.78, 5) is 26.3. The van der Waals surface area contributed by atoms with Crippen LogP contribution in [-0.2, 0) is 9.59 Å². The van der Waals surface area contributed by atoms with Crippen molar-refractivity contribution in [3.63, 3.8) is 0 Å². The zero-order valence-electron chi connectivity index (χ0n) is 10.8. The second-order valence-electron chi connectivity index (χ2n) is 4.86. The molecule has 0 aromatic carbocycles. The van der Waals surface area contributed by atoms with Crippen LogP contribution in [-0.4, -0.2) is 59.0 Å². The van der Waals surface area contributed by atoms with Crippen LogP contribution in [0.3, 0.4) is 0 Å². The van der Waals surface area contributed by atoms with Crippen molar-refractivity contribution in [1.29, 1.82) is 0 Å². The van der Waals surface area contributed by atoms with Crippen molar-refractivity contribution < 1.29 is 14.7 Å². The van der Waals surface area contributed by atoms with Crippen LogP contribution < -0.4 is 0 Å². The first kappa shape index (κ1) is 14.0. The Kier molecular flexibility index (Phi) is 4.93. The number of carboxylic acid groups (broad SMARTS) is 1. The number of likely N-dealkylation sites (tertiary alicyclic amines) is 1. The van der Waals surface area contributed by atoms with Gasteiger partial charge in [0.05, 0.1) is 6.54 Å². The predicted molar refractivity (Wildman–Crippen MR) is 64.8 cm³/mol. The van der Waals surface area contributed by atoms with Gasteiger partial charge in [-0.1, -0.05) is 0 Å². The van der Waals surface area contributed by atoms with Crippen LogP contribution in [0.1, 0.15) is 33.1 Å². The number of likely N-dealkylation sites (N-methyl/N-ethyl adjacent to an activating group) is 1. The van der Waals surface area contributed by atoms with Crippen LogP contribution in [0.2, 0.25) is 0 Å². The fourth-order valence-electron chi connectivity index (χ4n) is 2.10. The van der Waals surface area contributed by atoms with E-state index in [1.807, 2.05) is 4.90 Å². The molecule has 1 amide bonds. The first-order valence-corrected chi connectivity index (χ1v) is 6.16. The van der Waals surface area contributed by atoms with Gasteiger partial charge in [-0.15, -0.1) is 0 Å². The average molecular weight is 242 g/mol. The summed E-state index contributed by atoms with van der Waals surface area (Å²) in [5, 5.41) is 8.86. The van der Waals surface area contributed by atoms with Crippen molar-refractivity contribution in [2.24, 2.45) is 0 Å². The Balaban J connectivity index is 2.50. The van der Waals surface area contributed by atoms with Gasteiger partial charge in [-0.25, -0.2) is 0 Å². The summed E-state index contributed by atoms with van der Waals surface area (Å²) < 4.78 is 0. The van der Waals surface area contributed by atoms with E-state index in [2.05, 4.69) is 6.92 Å². The van der Waals surface area contributed by atoms with Crippen molar-refractivity contribution >= 4 is 11.9 Å². The van der Waals surface area contributed by atoms with Crippen LogP contribution in [0.5, 0.6) is 0 Å². The lowest BCUT2D eigenvalue weighted by Gasteiger charge is -2.35. The highest BCUT2D eigenvalue weighted by atomic mass is 16.4. The maximum absolute atomic E-state index is 12.0. The second-order valence-corrected chi connectivity index (χ2v) is 4.86. The van der Waals surface area contributed by atoms with Gasteiger partial charge in [-0.05, 0) is 40.2 Å². The highest BCUT2D eigenvalue weighted by Gasteiger charge is 2.26. The highest BCUT2D eigenvalue weighted by Crippen LogP contribution is 2.16. The van der Waals surface area contributed by atoms with Crippen molar-refractivity contribution in [3.8, 4) is 0 Å². The first-order valence-electron chi connectivity index (χ1n) is 6.16. The highest BCUT2D eigenvalue weighted by molar-refractivity contribution is 5.80. The van der Waals surface area contributed by atoms with Crippen LogP contribution in [0.4, 0.5) is 0 Å². The van der Waals surface area contributed by atoms with E-state index in [4.69, 9.17) is 5.11 Å². The maximum atomic E-state index is 12.0. The largest absolute Gasteiger partial charge is 0.480 e. The Bertz CT molecular complexity index is 293. The van der Waals surface area contributed by atoms with Gasteiger partial charge >= 0.3 is 5.97 Å². The Labute approximate surface area is 102 Å². The number of carbonyl (C=O) groups is 2. The molecule has 5 heteroatoms. The fourth-order valence-corrected chi connectivity index (χ4v) is 2.10. The molecular weight excluding hydrogens is 220 g/mol. The molecule has 2 atom stereocenters. The van der Waals surface area contributed by atoms with Gasteiger partial charge in [0.1, 0.15) is 6.04 Å². The third kappa shape index (κ3) is 3.70. The Morgan fingerprint density at radius 2 is 2.12 bits per heavy atom. The summed E-state index contributed by atoms with van der Waals surface area (Å²) >= 11 is 0. The van der Waals surface area contributed by atoms with Gasteiger partial charge in [0, 0.05) is 12.6 Å². The number of hydrogen-bond donors (Lipinski definition) is 1. The average Bonchev–Trinajstić information content (AvgIpc) is 2.28. The molecule has 1 heterocycles. The molecule has 1 saturated heterocycles. The molecule has 0 bridgehead atoms. The fraction of sp³-hybridized carbons (Fsp3) is 0.833. The molecule has 0 saturated carbocycles. The summed E-state index contributed by atoms with van der Waals surface area (Å²) in [5.41, 5.74) is 0. The molecule has 0 spiro atoms. The number of carbonyl (C=O) groups excluding carboxylic acids is 1. The monoisotopic (exact) mass is 242 g/mol. The molecule has 1 rings (SSSR count). The molecular formula is C12H22N2O3. The zero-order valence-corrected chi connectivity index (χ0v) is 10.8. The number of aliphatic carboxylic acids is 1. The molecule has 0 unspecified atom stereocenters. The molecule has 0 aliphatic carbocycles. The molecule has 0 aromatic rings. The Morgan fingerprint density at radius 1 is 1.47 bits per heavy atom. The number of nitrogens with zero attached hydrogens (tertiary/aromatic N) is 2. The second kappa shape index (κ2) is 6.00. The van der Waals surface area contributed by atoms with E-state index in [0.29, 0.717) is 0 Å². The van der Waals surface area contributed by atoms with Gasteiger partial charge in [0.25, 0.3) is 0 Å². The lowest BCUT2D eigenvalue weighted by atomic mass is 10.0. The zero-order chi connectivity index (χ0) is 13.0. The number of carboxylic acids is 1. The topological polar surface area (TPSA) is 60.9 Å².